The van der Waals surface area contributed by atoms with Gasteiger partial charge in [-0.25, -0.2) is 8.93 Å². The van der Waals surface area contributed by atoms with Crippen molar-refractivity contribution in [3.63, 3.8) is 0 Å². The van der Waals surface area contributed by atoms with E-state index in [2.05, 4.69) is 16.9 Å². The SMILES string of the molecule is COC(=O)C[C@@H](CCCCCCOCc1ccccc1)N[S@](=O)c1ccc(C)cc1. The number of carbonyl (C=O) groups excluding carboxylic acids is 1. The molecule has 0 heterocycles. The number of unbranched alkanes of at least 4 members (excludes halogenated alkanes) is 3. The molecule has 30 heavy (non-hydrogen) atoms. The first kappa shape index (κ1) is 24.3. The smallest absolute Gasteiger partial charge is 0.307 e. The van der Waals surface area contributed by atoms with E-state index in [1.807, 2.05) is 49.4 Å². The average molecular weight is 432 g/mol. The first-order chi connectivity index (χ1) is 14.6. The van der Waals surface area contributed by atoms with Crippen LogP contribution in [-0.2, 0) is 31.9 Å². The number of hydrogen-bond acceptors (Lipinski definition) is 4. The molecule has 0 radical (unpaired) electrons. The van der Waals surface area contributed by atoms with Crippen molar-refractivity contribution in [2.45, 2.75) is 63.0 Å². The highest BCUT2D eigenvalue weighted by molar-refractivity contribution is 7.83. The number of benzene rings is 2. The van der Waals surface area contributed by atoms with E-state index in [4.69, 9.17) is 9.47 Å². The van der Waals surface area contributed by atoms with Gasteiger partial charge in [0.2, 0.25) is 0 Å². The molecule has 0 aliphatic heterocycles. The highest BCUT2D eigenvalue weighted by Crippen LogP contribution is 2.13. The standard InChI is InChI=1S/C24H33NO4S/c1-20-13-15-23(16-14-20)30(27)25-22(18-24(26)28-2)12-8-3-4-9-17-29-19-21-10-6-5-7-11-21/h5-7,10-11,13-16,22,25H,3-4,8-9,12,17-19H2,1-2H3/t22-,30-/m1/s1. The second-order valence-electron chi connectivity index (χ2n) is 7.42. The molecule has 5 nitrogen and oxygen atoms in total. The summed E-state index contributed by atoms with van der Waals surface area (Å²) in [6, 6.07) is 17.6. The van der Waals surface area contributed by atoms with Crippen molar-refractivity contribution in [2.75, 3.05) is 13.7 Å². The lowest BCUT2D eigenvalue weighted by Crippen LogP contribution is -2.33. The lowest BCUT2D eigenvalue weighted by Gasteiger charge is -2.17. The summed E-state index contributed by atoms with van der Waals surface area (Å²) in [4.78, 5) is 12.4. The second-order valence-corrected chi connectivity index (χ2v) is 8.66. The number of esters is 1. The van der Waals surface area contributed by atoms with Crippen LogP contribution in [-0.4, -0.2) is 29.9 Å². The maximum atomic E-state index is 12.6. The first-order valence-electron chi connectivity index (χ1n) is 10.5. The predicted octanol–water partition coefficient (Wildman–Crippen LogP) is 4.71. The molecule has 0 aromatic heterocycles. The Bertz CT molecular complexity index is 765. The maximum absolute atomic E-state index is 12.6. The fraction of sp³-hybridized carbons (Fsp3) is 0.458. The number of nitrogens with one attached hydrogen (secondary N) is 1. The van der Waals surface area contributed by atoms with E-state index in [9.17, 15) is 9.00 Å². The molecule has 6 heteroatoms. The van der Waals surface area contributed by atoms with Gasteiger partial charge in [0.15, 0.2) is 0 Å². The van der Waals surface area contributed by atoms with Gasteiger partial charge in [-0.05, 0) is 37.5 Å². The minimum Gasteiger partial charge on any atom is -0.469 e. The zero-order valence-electron chi connectivity index (χ0n) is 18.0. The van der Waals surface area contributed by atoms with Gasteiger partial charge in [0.1, 0.15) is 11.0 Å². The minimum absolute atomic E-state index is 0.172. The molecule has 2 rings (SSSR count). The molecule has 0 unspecified atom stereocenters. The summed E-state index contributed by atoms with van der Waals surface area (Å²) in [6.45, 7) is 3.39. The molecule has 0 fully saturated rings. The molecule has 164 valence electrons. The molecule has 2 aromatic rings. The number of methoxy groups -OCH3 is 1. The normalized spacial score (nSPS) is 13.0. The topological polar surface area (TPSA) is 64.6 Å². The summed E-state index contributed by atoms with van der Waals surface area (Å²) in [7, 11) is 0.0330. The van der Waals surface area contributed by atoms with Crippen LogP contribution in [0.3, 0.4) is 0 Å². The summed E-state index contributed by atoms with van der Waals surface area (Å²) in [6.07, 6.45) is 5.08. The quantitative estimate of drug-likeness (QED) is 0.348. The Labute approximate surface area is 182 Å². The van der Waals surface area contributed by atoms with Gasteiger partial charge in [-0.2, -0.15) is 0 Å². The third-order valence-electron chi connectivity index (χ3n) is 4.85. The zero-order chi connectivity index (χ0) is 21.6. The zero-order valence-corrected chi connectivity index (χ0v) is 18.8. The Morgan fingerprint density at radius 1 is 1.00 bits per heavy atom. The number of hydrogen-bond donors (Lipinski definition) is 1. The Balaban J connectivity index is 1.66. The van der Waals surface area contributed by atoms with Gasteiger partial charge in [-0.15, -0.1) is 0 Å². The molecule has 2 aromatic carbocycles. The molecule has 0 aliphatic rings. The number of rotatable bonds is 14. The van der Waals surface area contributed by atoms with E-state index in [1.165, 1.54) is 12.7 Å². The molecule has 0 bridgehead atoms. The van der Waals surface area contributed by atoms with Crippen molar-refractivity contribution in [1.82, 2.24) is 4.72 Å². The van der Waals surface area contributed by atoms with Gasteiger partial charge in [-0.3, -0.25) is 4.79 Å². The van der Waals surface area contributed by atoms with Gasteiger partial charge in [0.25, 0.3) is 0 Å². The van der Waals surface area contributed by atoms with Gasteiger partial charge < -0.3 is 9.47 Å². The van der Waals surface area contributed by atoms with Crippen LogP contribution in [0.4, 0.5) is 0 Å². The third-order valence-corrected chi connectivity index (χ3v) is 6.10. The number of ether oxygens (including phenoxy) is 2. The van der Waals surface area contributed by atoms with Crippen molar-refractivity contribution in [3.8, 4) is 0 Å². The van der Waals surface area contributed by atoms with Crippen molar-refractivity contribution in [3.05, 3.63) is 65.7 Å². The van der Waals surface area contributed by atoms with Crippen LogP contribution in [0, 0.1) is 6.92 Å². The summed E-state index contributed by atoms with van der Waals surface area (Å²) >= 11 is 0. The fourth-order valence-electron chi connectivity index (χ4n) is 3.08. The highest BCUT2D eigenvalue weighted by Gasteiger charge is 2.17. The summed E-state index contributed by atoms with van der Waals surface area (Å²) in [5.41, 5.74) is 2.31. The molecule has 1 N–H and O–H groups in total. The largest absolute Gasteiger partial charge is 0.469 e. The van der Waals surface area contributed by atoms with Crippen LogP contribution < -0.4 is 4.72 Å². The van der Waals surface area contributed by atoms with Gasteiger partial charge in [0, 0.05) is 12.6 Å². The lowest BCUT2D eigenvalue weighted by molar-refractivity contribution is -0.141. The molecule has 0 spiro atoms. The molecular weight excluding hydrogens is 398 g/mol. The number of carbonyl (C=O) groups is 1. The average Bonchev–Trinajstić information content (AvgIpc) is 2.76. The number of aryl methyl sites for hydroxylation is 1. The third kappa shape index (κ3) is 9.65. The second kappa shape index (κ2) is 14.1. The molecule has 0 saturated heterocycles. The molecule has 2 atom stereocenters. The van der Waals surface area contributed by atoms with Crippen molar-refractivity contribution < 1.29 is 18.5 Å². The molecule has 0 saturated carbocycles. The Hall–Kier alpha value is -2.02. The van der Waals surface area contributed by atoms with Crippen molar-refractivity contribution >= 4 is 17.0 Å². The fourth-order valence-corrected chi connectivity index (χ4v) is 4.10. The monoisotopic (exact) mass is 431 g/mol. The van der Waals surface area contributed by atoms with Crippen LogP contribution in [0.5, 0.6) is 0 Å². The van der Waals surface area contributed by atoms with Crippen LogP contribution in [0.1, 0.15) is 49.7 Å². The summed E-state index contributed by atoms with van der Waals surface area (Å²) in [5.74, 6) is -0.289. The van der Waals surface area contributed by atoms with Crippen LogP contribution in [0.15, 0.2) is 59.5 Å². The Morgan fingerprint density at radius 3 is 2.40 bits per heavy atom. The van der Waals surface area contributed by atoms with Crippen LogP contribution in [0.2, 0.25) is 0 Å². The summed E-state index contributed by atoms with van der Waals surface area (Å²) < 4.78 is 26.2. The van der Waals surface area contributed by atoms with Gasteiger partial charge in [0.05, 0.1) is 25.0 Å². The van der Waals surface area contributed by atoms with E-state index in [-0.39, 0.29) is 18.4 Å². The molecule has 0 aliphatic carbocycles. The van der Waals surface area contributed by atoms with Crippen molar-refractivity contribution in [1.29, 1.82) is 0 Å². The van der Waals surface area contributed by atoms with Crippen LogP contribution in [0.25, 0.3) is 0 Å². The predicted molar refractivity (Wildman–Crippen MR) is 120 cm³/mol. The van der Waals surface area contributed by atoms with Gasteiger partial charge >= 0.3 is 5.97 Å². The minimum atomic E-state index is -1.35. The first-order valence-corrected chi connectivity index (χ1v) is 11.7. The Kier molecular flexibility index (Phi) is 11.4. The van der Waals surface area contributed by atoms with E-state index in [0.29, 0.717) is 11.5 Å². The van der Waals surface area contributed by atoms with Gasteiger partial charge in [-0.1, -0.05) is 67.3 Å². The van der Waals surface area contributed by atoms with Crippen molar-refractivity contribution in [2.24, 2.45) is 0 Å². The molecular formula is C24H33NO4S. The van der Waals surface area contributed by atoms with E-state index < -0.39 is 11.0 Å². The van der Waals surface area contributed by atoms with E-state index in [0.717, 1.165) is 44.3 Å². The lowest BCUT2D eigenvalue weighted by atomic mass is 10.1. The van der Waals surface area contributed by atoms with E-state index >= 15 is 0 Å². The van der Waals surface area contributed by atoms with E-state index in [1.54, 1.807) is 0 Å². The molecule has 0 amide bonds. The van der Waals surface area contributed by atoms with Crippen LogP contribution >= 0.6 is 0 Å². The Morgan fingerprint density at radius 2 is 1.70 bits per heavy atom. The highest BCUT2D eigenvalue weighted by atomic mass is 32.2. The summed E-state index contributed by atoms with van der Waals surface area (Å²) in [5, 5.41) is 0. The maximum Gasteiger partial charge on any atom is 0.307 e.